The van der Waals surface area contributed by atoms with Crippen LogP contribution in [0.3, 0.4) is 0 Å². The summed E-state index contributed by atoms with van der Waals surface area (Å²) >= 11 is 3.47. The molecule has 0 saturated carbocycles. The van der Waals surface area contributed by atoms with E-state index in [0.717, 1.165) is 44.5 Å². The third-order valence-electron chi connectivity index (χ3n) is 4.29. The van der Waals surface area contributed by atoms with Gasteiger partial charge in [-0.15, -0.1) is 0 Å². The molecule has 0 aromatic carbocycles. The Bertz CT molecular complexity index is 953. The van der Waals surface area contributed by atoms with Crippen LogP contribution in [-0.2, 0) is 29.0 Å². The minimum absolute atomic E-state index is 0.0321. The van der Waals surface area contributed by atoms with Gasteiger partial charge in [0.2, 0.25) is 0 Å². The van der Waals surface area contributed by atoms with Crippen molar-refractivity contribution in [1.29, 1.82) is 0 Å². The van der Waals surface area contributed by atoms with Crippen LogP contribution in [0.25, 0.3) is 16.6 Å². The van der Waals surface area contributed by atoms with E-state index < -0.39 is 5.97 Å². The molecule has 0 amide bonds. The predicted molar refractivity (Wildman–Crippen MR) is 102 cm³/mol. The van der Waals surface area contributed by atoms with E-state index in [2.05, 4.69) is 33.9 Å². The number of methoxy groups -OCH3 is 1. The minimum Gasteiger partial charge on any atom is -0.481 e. The van der Waals surface area contributed by atoms with E-state index in [1.54, 1.807) is 19.5 Å². The molecule has 0 saturated heterocycles. The zero-order valence-corrected chi connectivity index (χ0v) is 16.3. The van der Waals surface area contributed by atoms with Crippen LogP contribution < -0.4 is 0 Å². The van der Waals surface area contributed by atoms with Crippen LogP contribution in [0.1, 0.15) is 30.3 Å². The fourth-order valence-electron chi connectivity index (χ4n) is 3.15. The zero-order chi connectivity index (χ0) is 18.7. The summed E-state index contributed by atoms with van der Waals surface area (Å²) in [6.45, 7) is 2.40. The Balaban J connectivity index is 2.33. The van der Waals surface area contributed by atoms with Gasteiger partial charge in [-0.25, -0.2) is 4.52 Å². The number of aryl methyl sites for hydroxylation is 1. The van der Waals surface area contributed by atoms with Crippen molar-refractivity contribution in [2.45, 2.75) is 32.8 Å². The van der Waals surface area contributed by atoms with Crippen molar-refractivity contribution in [1.82, 2.24) is 14.6 Å². The zero-order valence-electron chi connectivity index (χ0n) is 14.7. The summed E-state index contributed by atoms with van der Waals surface area (Å²) in [6, 6.07) is 6.07. The van der Waals surface area contributed by atoms with Crippen LogP contribution >= 0.6 is 15.9 Å². The van der Waals surface area contributed by atoms with E-state index >= 15 is 0 Å². The summed E-state index contributed by atoms with van der Waals surface area (Å²) in [4.78, 5) is 15.5. The highest BCUT2D eigenvalue weighted by atomic mass is 79.9. The summed E-state index contributed by atoms with van der Waals surface area (Å²) in [7, 11) is 1.61. The highest BCUT2D eigenvalue weighted by Crippen LogP contribution is 2.33. The first-order chi connectivity index (χ1) is 12.5. The Kier molecular flexibility index (Phi) is 5.68. The van der Waals surface area contributed by atoms with E-state index in [1.165, 1.54) is 0 Å². The number of hydrogen-bond donors (Lipinski definition) is 1. The number of carboxylic acids is 1. The third-order valence-corrected chi connectivity index (χ3v) is 4.72. The first-order valence-electron chi connectivity index (χ1n) is 8.39. The second-order valence-corrected chi connectivity index (χ2v) is 6.91. The lowest BCUT2D eigenvalue weighted by Gasteiger charge is -2.17. The Labute approximate surface area is 160 Å². The van der Waals surface area contributed by atoms with Crippen molar-refractivity contribution in [3.8, 4) is 11.1 Å². The Hall–Kier alpha value is -2.25. The monoisotopic (exact) mass is 417 g/mol. The van der Waals surface area contributed by atoms with Gasteiger partial charge in [0, 0.05) is 47.2 Å². The number of hydrogen-bond acceptors (Lipinski definition) is 4. The maximum atomic E-state index is 11.2. The topological polar surface area (TPSA) is 76.7 Å². The molecule has 7 heteroatoms. The number of halogens is 1. The number of aromatic nitrogens is 3. The number of nitrogens with zero attached hydrogens (tertiary/aromatic N) is 3. The molecule has 0 unspecified atom stereocenters. The summed E-state index contributed by atoms with van der Waals surface area (Å²) in [5.41, 5.74) is 5.56. The van der Waals surface area contributed by atoms with Crippen LogP contribution in [0.15, 0.2) is 35.1 Å². The maximum absolute atomic E-state index is 11.2. The summed E-state index contributed by atoms with van der Waals surface area (Å²) in [5, 5.41) is 13.9. The number of aliphatic carboxylic acids is 1. The number of carboxylic acid groups (broad SMARTS) is 1. The van der Waals surface area contributed by atoms with E-state index in [0.29, 0.717) is 13.0 Å². The standard InChI is InChI=1S/C19H20BrN3O3/c1-3-14-4-6-17-19(12-8-13(20)10-21-9-12)15(5-7-18(24)25)16(11-26-2)22-23(14)17/h4,6,8-10H,3,5,7,11H2,1-2H3,(H,24,25). The third kappa shape index (κ3) is 3.64. The lowest BCUT2D eigenvalue weighted by molar-refractivity contribution is -0.136. The molecule has 0 aliphatic heterocycles. The summed E-state index contributed by atoms with van der Waals surface area (Å²) in [5.74, 6) is -0.837. The van der Waals surface area contributed by atoms with Crippen molar-refractivity contribution in [2.75, 3.05) is 7.11 Å². The molecular formula is C19H20BrN3O3. The molecule has 0 atom stereocenters. The molecule has 6 nitrogen and oxygen atoms in total. The van der Waals surface area contributed by atoms with Gasteiger partial charge in [0.25, 0.3) is 0 Å². The second kappa shape index (κ2) is 7.97. The molecule has 0 spiro atoms. The maximum Gasteiger partial charge on any atom is 0.303 e. The quantitative estimate of drug-likeness (QED) is 0.630. The van der Waals surface area contributed by atoms with E-state index in [1.807, 2.05) is 16.6 Å². The molecule has 0 radical (unpaired) electrons. The summed E-state index contributed by atoms with van der Waals surface area (Å²) < 4.78 is 8.13. The fourth-order valence-corrected chi connectivity index (χ4v) is 3.52. The number of rotatable bonds is 7. The van der Waals surface area contributed by atoms with Crippen molar-refractivity contribution in [3.05, 3.63) is 52.0 Å². The Morgan fingerprint density at radius 3 is 2.81 bits per heavy atom. The van der Waals surface area contributed by atoms with Gasteiger partial charge in [-0.3, -0.25) is 9.78 Å². The predicted octanol–water partition coefficient (Wildman–Crippen LogP) is 3.88. The molecule has 26 heavy (non-hydrogen) atoms. The SMILES string of the molecule is CCc1ccc2c(-c3cncc(Br)c3)c(CCC(=O)O)c(COC)nn12. The number of fused-ring (bicyclic) bond motifs is 1. The average Bonchev–Trinajstić information content (AvgIpc) is 3.02. The van der Waals surface area contributed by atoms with Gasteiger partial charge in [-0.05, 0) is 52.5 Å². The van der Waals surface area contributed by atoms with E-state index in [9.17, 15) is 9.90 Å². The van der Waals surface area contributed by atoms with Crippen molar-refractivity contribution >= 4 is 27.4 Å². The second-order valence-electron chi connectivity index (χ2n) is 5.99. The van der Waals surface area contributed by atoms with Crippen LogP contribution in [0, 0.1) is 0 Å². The fraction of sp³-hybridized carbons (Fsp3) is 0.316. The van der Waals surface area contributed by atoms with Crippen molar-refractivity contribution < 1.29 is 14.6 Å². The van der Waals surface area contributed by atoms with Crippen LogP contribution in [-0.4, -0.2) is 32.8 Å². The molecule has 3 aromatic heterocycles. The van der Waals surface area contributed by atoms with Crippen LogP contribution in [0.4, 0.5) is 0 Å². The molecule has 0 fully saturated rings. The first-order valence-corrected chi connectivity index (χ1v) is 9.18. The first kappa shape index (κ1) is 18.5. The Morgan fingerprint density at radius 2 is 2.15 bits per heavy atom. The number of carbonyl (C=O) groups is 1. The van der Waals surface area contributed by atoms with Gasteiger partial charge in [0.05, 0.1) is 17.8 Å². The van der Waals surface area contributed by atoms with Gasteiger partial charge < -0.3 is 9.84 Å². The highest BCUT2D eigenvalue weighted by Gasteiger charge is 2.19. The smallest absolute Gasteiger partial charge is 0.303 e. The Morgan fingerprint density at radius 1 is 1.35 bits per heavy atom. The van der Waals surface area contributed by atoms with Crippen LogP contribution in [0.2, 0.25) is 0 Å². The number of ether oxygens (including phenoxy) is 1. The molecule has 0 aliphatic carbocycles. The molecule has 3 rings (SSSR count). The number of pyridine rings is 1. The molecule has 1 N–H and O–H groups in total. The highest BCUT2D eigenvalue weighted by molar-refractivity contribution is 9.10. The molecule has 3 heterocycles. The summed E-state index contributed by atoms with van der Waals surface area (Å²) in [6.07, 6.45) is 4.78. The van der Waals surface area contributed by atoms with E-state index in [-0.39, 0.29) is 6.42 Å². The normalized spacial score (nSPS) is 11.2. The van der Waals surface area contributed by atoms with Gasteiger partial charge in [-0.1, -0.05) is 6.92 Å². The minimum atomic E-state index is -0.837. The van der Waals surface area contributed by atoms with E-state index in [4.69, 9.17) is 9.84 Å². The average molecular weight is 418 g/mol. The molecular weight excluding hydrogens is 398 g/mol. The van der Waals surface area contributed by atoms with Crippen molar-refractivity contribution in [3.63, 3.8) is 0 Å². The largest absolute Gasteiger partial charge is 0.481 e. The van der Waals surface area contributed by atoms with Gasteiger partial charge in [0.15, 0.2) is 0 Å². The van der Waals surface area contributed by atoms with Crippen molar-refractivity contribution in [2.24, 2.45) is 0 Å². The van der Waals surface area contributed by atoms with Gasteiger partial charge in [0.1, 0.15) is 0 Å². The molecule has 0 bridgehead atoms. The van der Waals surface area contributed by atoms with Gasteiger partial charge >= 0.3 is 5.97 Å². The lowest BCUT2D eigenvalue weighted by atomic mass is 9.96. The van der Waals surface area contributed by atoms with Crippen LogP contribution in [0.5, 0.6) is 0 Å². The molecule has 3 aromatic rings. The van der Waals surface area contributed by atoms with Gasteiger partial charge in [-0.2, -0.15) is 5.10 Å². The lowest BCUT2D eigenvalue weighted by Crippen LogP contribution is -2.11. The molecule has 136 valence electrons. The molecule has 0 aliphatic rings.